The van der Waals surface area contributed by atoms with E-state index in [0.29, 0.717) is 23.9 Å². The molecular formula is C16H22FNO2. The number of carbonyl (C=O) groups is 1. The number of halogens is 1. The van der Waals surface area contributed by atoms with Crippen molar-refractivity contribution in [1.82, 2.24) is 4.90 Å². The van der Waals surface area contributed by atoms with E-state index in [0.717, 1.165) is 19.4 Å². The third-order valence-corrected chi connectivity index (χ3v) is 4.06. The van der Waals surface area contributed by atoms with Gasteiger partial charge >= 0.3 is 0 Å². The highest BCUT2D eigenvalue weighted by Gasteiger charge is 2.24. The Morgan fingerprint density at radius 2 is 2.10 bits per heavy atom. The van der Waals surface area contributed by atoms with Gasteiger partial charge in [-0.1, -0.05) is 19.8 Å². The van der Waals surface area contributed by atoms with E-state index in [4.69, 9.17) is 4.74 Å². The summed E-state index contributed by atoms with van der Waals surface area (Å²) in [5.41, 5.74) is 0.337. The Kier molecular flexibility index (Phi) is 5.12. The highest BCUT2D eigenvalue weighted by molar-refractivity contribution is 6.00. The van der Waals surface area contributed by atoms with Crippen molar-refractivity contribution < 1.29 is 13.9 Å². The monoisotopic (exact) mass is 279 g/mol. The third kappa shape index (κ3) is 3.37. The lowest BCUT2D eigenvalue weighted by atomic mass is 10.1. The van der Waals surface area contributed by atoms with E-state index in [1.54, 1.807) is 0 Å². The van der Waals surface area contributed by atoms with Crippen LogP contribution in [0, 0.1) is 5.82 Å². The zero-order valence-electron chi connectivity index (χ0n) is 12.2. The lowest BCUT2D eigenvalue weighted by molar-refractivity contribution is 0.0895. The normalized spacial score (nSPS) is 15.8. The second-order valence-corrected chi connectivity index (χ2v) is 5.27. The first-order valence-corrected chi connectivity index (χ1v) is 7.26. The Morgan fingerprint density at radius 1 is 1.40 bits per heavy atom. The quantitative estimate of drug-likeness (QED) is 0.748. The van der Waals surface area contributed by atoms with Crippen LogP contribution >= 0.6 is 0 Å². The van der Waals surface area contributed by atoms with Crippen molar-refractivity contribution in [2.75, 3.05) is 20.2 Å². The van der Waals surface area contributed by atoms with Crippen LogP contribution in [0.2, 0.25) is 0 Å². The molecule has 1 aliphatic carbocycles. The van der Waals surface area contributed by atoms with Gasteiger partial charge in [0.05, 0.1) is 19.2 Å². The summed E-state index contributed by atoms with van der Waals surface area (Å²) in [6, 6.07) is 4.57. The number of ketones is 1. The highest BCUT2D eigenvalue weighted by Crippen LogP contribution is 2.25. The molecule has 1 aromatic rings. The molecular weight excluding hydrogens is 257 g/mol. The molecule has 0 spiro atoms. The average molecular weight is 279 g/mol. The van der Waals surface area contributed by atoms with E-state index in [-0.39, 0.29) is 5.78 Å². The number of likely N-dealkylation sites (N-methyl/N-ethyl adjacent to an activating group) is 1. The molecule has 110 valence electrons. The molecule has 0 bridgehead atoms. The zero-order chi connectivity index (χ0) is 14.5. The molecule has 1 aliphatic rings. The maximum Gasteiger partial charge on any atom is 0.180 e. The van der Waals surface area contributed by atoms with Gasteiger partial charge in [0.1, 0.15) is 11.6 Å². The Hall–Kier alpha value is -1.42. The standard InChI is InChI=1S/C16H22FNO2/c1-3-18(13-6-4-5-7-13)11-15(19)14-10-12(17)8-9-16(14)20-2/h8-10,13H,3-7,11H2,1-2H3. The van der Waals surface area contributed by atoms with Crippen LogP contribution in [0.3, 0.4) is 0 Å². The number of hydrogen-bond acceptors (Lipinski definition) is 3. The number of ether oxygens (including phenoxy) is 1. The fourth-order valence-corrected chi connectivity index (χ4v) is 2.94. The van der Waals surface area contributed by atoms with Gasteiger partial charge in [0.25, 0.3) is 0 Å². The molecule has 20 heavy (non-hydrogen) atoms. The predicted molar refractivity (Wildman–Crippen MR) is 76.8 cm³/mol. The van der Waals surface area contributed by atoms with E-state index >= 15 is 0 Å². The molecule has 0 unspecified atom stereocenters. The minimum Gasteiger partial charge on any atom is -0.496 e. The van der Waals surface area contributed by atoms with Gasteiger partial charge in [0, 0.05) is 6.04 Å². The van der Waals surface area contributed by atoms with Crippen LogP contribution in [-0.4, -0.2) is 36.9 Å². The number of methoxy groups -OCH3 is 1. The number of Topliss-reactive ketones (excluding diaryl/α,β-unsaturated/α-hetero) is 1. The van der Waals surface area contributed by atoms with Crippen LogP contribution in [-0.2, 0) is 0 Å². The number of benzene rings is 1. The third-order valence-electron chi connectivity index (χ3n) is 4.06. The van der Waals surface area contributed by atoms with Gasteiger partial charge in [0.2, 0.25) is 0 Å². The van der Waals surface area contributed by atoms with Crippen molar-refractivity contribution in [2.45, 2.75) is 38.6 Å². The summed E-state index contributed by atoms with van der Waals surface area (Å²) >= 11 is 0. The predicted octanol–water partition coefficient (Wildman–Crippen LogP) is 3.28. The first kappa shape index (κ1) is 15.0. The van der Waals surface area contributed by atoms with Crippen LogP contribution in [0.4, 0.5) is 4.39 Å². The van der Waals surface area contributed by atoms with Crippen LogP contribution in [0.15, 0.2) is 18.2 Å². The average Bonchev–Trinajstić information content (AvgIpc) is 2.98. The first-order chi connectivity index (χ1) is 9.65. The van der Waals surface area contributed by atoms with Crippen molar-refractivity contribution in [1.29, 1.82) is 0 Å². The molecule has 0 aromatic heterocycles. The molecule has 3 nitrogen and oxygen atoms in total. The fraction of sp³-hybridized carbons (Fsp3) is 0.562. The van der Waals surface area contributed by atoms with Gasteiger partial charge in [-0.05, 0) is 37.6 Å². The molecule has 1 fully saturated rings. The number of hydrogen-bond donors (Lipinski definition) is 0. The maximum atomic E-state index is 13.3. The molecule has 0 heterocycles. The molecule has 2 rings (SSSR count). The lowest BCUT2D eigenvalue weighted by Gasteiger charge is -2.26. The van der Waals surface area contributed by atoms with Crippen molar-refractivity contribution in [3.05, 3.63) is 29.6 Å². The van der Waals surface area contributed by atoms with Gasteiger partial charge in [-0.2, -0.15) is 0 Å². The van der Waals surface area contributed by atoms with Crippen LogP contribution in [0.1, 0.15) is 43.0 Å². The second-order valence-electron chi connectivity index (χ2n) is 5.27. The molecule has 1 saturated carbocycles. The van der Waals surface area contributed by atoms with Gasteiger partial charge in [-0.15, -0.1) is 0 Å². The summed E-state index contributed by atoms with van der Waals surface area (Å²) in [5, 5.41) is 0. The molecule has 0 atom stereocenters. The Balaban J connectivity index is 2.12. The summed E-state index contributed by atoms with van der Waals surface area (Å²) in [4.78, 5) is 14.6. The number of nitrogens with zero attached hydrogens (tertiary/aromatic N) is 1. The van der Waals surface area contributed by atoms with Crippen molar-refractivity contribution in [2.24, 2.45) is 0 Å². The Labute approximate surface area is 119 Å². The Morgan fingerprint density at radius 3 is 2.70 bits per heavy atom. The maximum absolute atomic E-state index is 13.3. The minimum atomic E-state index is -0.405. The molecule has 0 radical (unpaired) electrons. The largest absolute Gasteiger partial charge is 0.496 e. The van der Waals surface area contributed by atoms with Gasteiger partial charge in [-0.25, -0.2) is 4.39 Å². The van der Waals surface area contributed by atoms with Gasteiger partial charge in [-0.3, -0.25) is 9.69 Å². The summed E-state index contributed by atoms with van der Waals surface area (Å²) in [7, 11) is 1.50. The Bertz CT molecular complexity index is 470. The molecule has 0 amide bonds. The molecule has 0 aliphatic heterocycles. The van der Waals surface area contributed by atoms with E-state index in [2.05, 4.69) is 11.8 Å². The second kappa shape index (κ2) is 6.84. The number of rotatable bonds is 6. The lowest BCUT2D eigenvalue weighted by Crippen LogP contribution is -2.37. The molecule has 0 saturated heterocycles. The minimum absolute atomic E-state index is 0.0740. The zero-order valence-corrected chi connectivity index (χ0v) is 12.2. The first-order valence-electron chi connectivity index (χ1n) is 7.26. The highest BCUT2D eigenvalue weighted by atomic mass is 19.1. The SMILES string of the molecule is CCN(CC(=O)c1cc(F)ccc1OC)C1CCCC1. The smallest absolute Gasteiger partial charge is 0.180 e. The summed E-state index contributed by atoms with van der Waals surface area (Å²) in [6.07, 6.45) is 4.78. The van der Waals surface area contributed by atoms with Crippen molar-refractivity contribution >= 4 is 5.78 Å². The fourth-order valence-electron chi connectivity index (χ4n) is 2.94. The van der Waals surface area contributed by atoms with E-state index < -0.39 is 5.82 Å². The topological polar surface area (TPSA) is 29.5 Å². The summed E-state index contributed by atoms with van der Waals surface area (Å²) < 4.78 is 18.5. The molecule has 0 N–H and O–H groups in total. The molecule has 4 heteroatoms. The van der Waals surface area contributed by atoms with Crippen molar-refractivity contribution in [3.63, 3.8) is 0 Å². The summed E-state index contributed by atoms with van der Waals surface area (Å²) in [5.74, 6) is -0.0351. The van der Waals surface area contributed by atoms with Crippen LogP contribution < -0.4 is 4.74 Å². The van der Waals surface area contributed by atoms with E-state index in [9.17, 15) is 9.18 Å². The van der Waals surface area contributed by atoms with E-state index in [1.807, 2.05) is 0 Å². The van der Waals surface area contributed by atoms with Gasteiger partial charge < -0.3 is 4.74 Å². The number of carbonyl (C=O) groups excluding carboxylic acids is 1. The van der Waals surface area contributed by atoms with E-state index in [1.165, 1.54) is 38.2 Å². The van der Waals surface area contributed by atoms with Gasteiger partial charge in [0.15, 0.2) is 5.78 Å². The van der Waals surface area contributed by atoms with Crippen LogP contribution in [0.25, 0.3) is 0 Å². The van der Waals surface area contributed by atoms with Crippen LogP contribution in [0.5, 0.6) is 5.75 Å². The van der Waals surface area contributed by atoms with Crippen molar-refractivity contribution in [3.8, 4) is 5.75 Å². The molecule has 1 aromatic carbocycles. The summed E-state index contributed by atoms with van der Waals surface area (Å²) in [6.45, 7) is 3.24.